The van der Waals surface area contributed by atoms with E-state index in [0.29, 0.717) is 21.7 Å². The average molecular weight is 389 g/mol. The lowest BCUT2D eigenvalue weighted by atomic mass is 10.2. The molecular weight excluding hydrogens is 376 g/mol. The van der Waals surface area contributed by atoms with Crippen molar-refractivity contribution >= 4 is 39.6 Å². The van der Waals surface area contributed by atoms with Gasteiger partial charge in [0.25, 0.3) is 5.91 Å². The van der Waals surface area contributed by atoms with Gasteiger partial charge in [-0.25, -0.2) is 4.79 Å². The molecule has 0 fully saturated rings. The third-order valence-electron chi connectivity index (χ3n) is 2.95. The number of rotatable bonds is 5. The topological polar surface area (TPSA) is 92.3 Å². The number of ether oxygens (including phenoxy) is 1. The molecule has 0 aliphatic carbocycles. The number of halogens is 1. The molecule has 2 aromatic rings. The van der Waals surface area contributed by atoms with Gasteiger partial charge in [-0.05, 0) is 53.2 Å². The number of nitriles is 1. The van der Waals surface area contributed by atoms with Crippen molar-refractivity contribution in [2.24, 2.45) is 0 Å². The molecule has 1 amide bonds. The number of esters is 1. The molecule has 1 aromatic heterocycles. The number of nitrogens with zero attached hydrogens (tertiary/aromatic N) is 1. The lowest BCUT2D eigenvalue weighted by Crippen LogP contribution is -2.29. The normalized spacial score (nSPS) is 11.7. The standard InChI is InChI=1S/C17H13BrN2O4/c1-11(17(22)20-14-5-3-2-4-12(14)10-19)23-16(21)9-7-13-6-8-15(18)24-13/h2-9,11H,1H3,(H,20,22)/t11-/m1/s1. The Morgan fingerprint density at radius 3 is 2.75 bits per heavy atom. The summed E-state index contributed by atoms with van der Waals surface area (Å²) < 4.78 is 10.8. The van der Waals surface area contributed by atoms with Gasteiger partial charge in [-0.3, -0.25) is 4.79 Å². The zero-order valence-corrected chi connectivity index (χ0v) is 14.2. The van der Waals surface area contributed by atoms with E-state index in [2.05, 4.69) is 21.2 Å². The molecule has 0 spiro atoms. The van der Waals surface area contributed by atoms with Crippen LogP contribution in [0.4, 0.5) is 5.69 Å². The van der Waals surface area contributed by atoms with Gasteiger partial charge in [-0.2, -0.15) is 5.26 Å². The van der Waals surface area contributed by atoms with Gasteiger partial charge in [0.2, 0.25) is 0 Å². The van der Waals surface area contributed by atoms with E-state index < -0.39 is 18.0 Å². The first-order valence-corrected chi connectivity index (χ1v) is 7.73. The quantitative estimate of drug-likeness (QED) is 0.624. The second kappa shape index (κ2) is 8.13. The predicted molar refractivity (Wildman–Crippen MR) is 90.8 cm³/mol. The number of carbonyl (C=O) groups is 2. The van der Waals surface area contributed by atoms with E-state index in [-0.39, 0.29) is 0 Å². The number of furan rings is 1. The number of amides is 1. The maximum Gasteiger partial charge on any atom is 0.331 e. The Morgan fingerprint density at radius 1 is 1.33 bits per heavy atom. The molecule has 24 heavy (non-hydrogen) atoms. The lowest BCUT2D eigenvalue weighted by Gasteiger charge is -2.13. The highest BCUT2D eigenvalue weighted by atomic mass is 79.9. The van der Waals surface area contributed by atoms with Crippen molar-refractivity contribution < 1.29 is 18.7 Å². The lowest BCUT2D eigenvalue weighted by molar-refractivity contribution is -0.148. The highest BCUT2D eigenvalue weighted by Crippen LogP contribution is 2.16. The highest BCUT2D eigenvalue weighted by Gasteiger charge is 2.17. The number of hydrogen-bond donors (Lipinski definition) is 1. The molecule has 122 valence electrons. The van der Waals surface area contributed by atoms with Gasteiger partial charge >= 0.3 is 5.97 Å². The number of anilines is 1. The van der Waals surface area contributed by atoms with Crippen LogP contribution in [0.15, 0.2) is 51.6 Å². The zero-order valence-electron chi connectivity index (χ0n) is 12.7. The zero-order chi connectivity index (χ0) is 17.5. The van der Waals surface area contributed by atoms with Gasteiger partial charge in [-0.1, -0.05) is 12.1 Å². The summed E-state index contributed by atoms with van der Waals surface area (Å²) in [6.45, 7) is 1.44. The predicted octanol–water partition coefficient (Wildman–Crippen LogP) is 3.50. The second-order valence-corrected chi connectivity index (χ2v) is 5.48. The van der Waals surface area contributed by atoms with Crippen LogP contribution in [0.2, 0.25) is 0 Å². The molecule has 1 heterocycles. The first kappa shape index (κ1) is 17.5. The summed E-state index contributed by atoms with van der Waals surface area (Å²) >= 11 is 3.15. The molecule has 7 heteroatoms. The number of benzene rings is 1. The van der Waals surface area contributed by atoms with Crippen molar-refractivity contribution in [1.29, 1.82) is 5.26 Å². The minimum absolute atomic E-state index is 0.327. The number of para-hydroxylation sites is 1. The molecule has 2 rings (SSSR count). The summed E-state index contributed by atoms with van der Waals surface area (Å²) in [5, 5.41) is 11.5. The molecular formula is C17H13BrN2O4. The summed E-state index contributed by atoms with van der Waals surface area (Å²) in [4.78, 5) is 23.8. The molecule has 0 unspecified atom stereocenters. The van der Waals surface area contributed by atoms with Crippen LogP contribution >= 0.6 is 15.9 Å². The molecule has 0 aliphatic rings. The van der Waals surface area contributed by atoms with E-state index in [0.717, 1.165) is 6.08 Å². The summed E-state index contributed by atoms with van der Waals surface area (Å²) in [7, 11) is 0. The molecule has 1 atom stereocenters. The van der Waals surface area contributed by atoms with E-state index in [1.807, 2.05) is 6.07 Å². The van der Waals surface area contributed by atoms with Crippen LogP contribution in [0.1, 0.15) is 18.2 Å². The van der Waals surface area contributed by atoms with Gasteiger partial charge in [0.05, 0.1) is 11.3 Å². The number of carbonyl (C=O) groups excluding carboxylic acids is 2. The van der Waals surface area contributed by atoms with Crippen LogP contribution < -0.4 is 5.32 Å². The van der Waals surface area contributed by atoms with E-state index in [4.69, 9.17) is 14.4 Å². The fourth-order valence-electron chi connectivity index (χ4n) is 1.76. The van der Waals surface area contributed by atoms with Crippen molar-refractivity contribution in [3.63, 3.8) is 0 Å². The van der Waals surface area contributed by atoms with Gasteiger partial charge in [-0.15, -0.1) is 0 Å². The maximum absolute atomic E-state index is 12.0. The van der Waals surface area contributed by atoms with Gasteiger partial charge in [0.15, 0.2) is 10.8 Å². The van der Waals surface area contributed by atoms with Crippen LogP contribution in [0.5, 0.6) is 0 Å². The van der Waals surface area contributed by atoms with Crippen LogP contribution in [-0.2, 0) is 14.3 Å². The Bertz CT molecular complexity index is 820. The summed E-state index contributed by atoms with van der Waals surface area (Å²) in [6.07, 6.45) is 1.58. The number of hydrogen-bond acceptors (Lipinski definition) is 5. The Labute approximate surface area is 146 Å². The average Bonchev–Trinajstić information content (AvgIpc) is 2.99. The van der Waals surface area contributed by atoms with E-state index in [1.54, 1.807) is 36.4 Å². The maximum atomic E-state index is 12.0. The third-order valence-corrected chi connectivity index (χ3v) is 3.37. The molecule has 0 aliphatic heterocycles. The smallest absolute Gasteiger partial charge is 0.331 e. The summed E-state index contributed by atoms with van der Waals surface area (Å²) in [5.41, 5.74) is 0.691. The minimum atomic E-state index is -1.02. The third kappa shape index (κ3) is 4.83. The highest BCUT2D eigenvalue weighted by molar-refractivity contribution is 9.10. The Kier molecular flexibility index (Phi) is 5.93. The molecule has 0 saturated heterocycles. The minimum Gasteiger partial charge on any atom is -0.450 e. The molecule has 1 N–H and O–H groups in total. The van der Waals surface area contributed by atoms with E-state index in [1.165, 1.54) is 13.0 Å². The first-order valence-electron chi connectivity index (χ1n) is 6.93. The fourth-order valence-corrected chi connectivity index (χ4v) is 2.08. The van der Waals surface area contributed by atoms with Crippen LogP contribution in [-0.4, -0.2) is 18.0 Å². The van der Waals surface area contributed by atoms with E-state index >= 15 is 0 Å². The van der Waals surface area contributed by atoms with Crippen LogP contribution in [0, 0.1) is 11.3 Å². The van der Waals surface area contributed by atoms with E-state index in [9.17, 15) is 9.59 Å². The molecule has 0 radical (unpaired) electrons. The first-order chi connectivity index (χ1) is 11.5. The van der Waals surface area contributed by atoms with Crippen molar-refractivity contribution in [2.45, 2.75) is 13.0 Å². The van der Waals surface area contributed by atoms with Crippen molar-refractivity contribution in [3.05, 3.63) is 58.5 Å². The molecule has 1 aromatic carbocycles. The van der Waals surface area contributed by atoms with Crippen molar-refractivity contribution in [2.75, 3.05) is 5.32 Å². The van der Waals surface area contributed by atoms with Gasteiger partial charge < -0.3 is 14.5 Å². The second-order valence-electron chi connectivity index (χ2n) is 4.70. The Balaban J connectivity index is 1.92. The molecule has 0 bridgehead atoms. The van der Waals surface area contributed by atoms with Gasteiger partial charge in [0, 0.05) is 6.08 Å². The molecule has 6 nitrogen and oxygen atoms in total. The van der Waals surface area contributed by atoms with Gasteiger partial charge in [0.1, 0.15) is 11.8 Å². The fraction of sp³-hybridized carbons (Fsp3) is 0.118. The van der Waals surface area contributed by atoms with Crippen molar-refractivity contribution in [3.8, 4) is 6.07 Å². The Hall–Kier alpha value is -2.85. The Morgan fingerprint density at radius 2 is 2.08 bits per heavy atom. The summed E-state index contributed by atoms with van der Waals surface area (Å²) in [6, 6.07) is 11.9. The monoisotopic (exact) mass is 388 g/mol. The molecule has 0 saturated carbocycles. The number of nitrogens with one attached hydrogen (secondary N) is 1. The van der Waals surface area contributed by atoms with Crippen LogP contribution in [0.25, 0.3) is 6.08 Å². The van der Waals surface area contributed by atoms with Crippen molar-refractivity contribution in [1.82, 2.24) is 0 Å². The largest absolute Gasteiger partial charge is 0.450 e. The summed E-state index contributed by atoms with van der Waals surface area (Å²) in [5.74, 6) is -0.738. The SMILES string of the molecule is C[C@@H](OC(=O)C=Cc1ccc(Br)o1)C(=O)Nc1ccccc1C#N. The van der Waals surface area contributed by atoms with Crippen LogP contribution in [0.3, 0.4) is 0 Å².